The zero-order chi connectivity index (χ0) is 21.8. The fourth-order valence-corrected chi connectivity index (χ4v) is 4.23. The Bertz CT molecular complexity index is 1040. The number of rotatable bonds is 8. The number of anilines is 1. The van der Waals surface area contributed by atoms with Crippen LogP contribution in [0, 0.1) is 10.1 Å². The Morgan fingerprint density at radius 3 is 2.24 bits per heavy atom. The highest BCUT2D eigenvalue weighted by Crippen LogP contribution is 2.37. The molecule has 29 heavy (non-hydrogen) atoms. The molecule has 156 valence electrons. The topological polar surface area (TPSA) is 125 Å². The fraction of sp³-hybridized carbons (Fsp3) is 0.278. The van der Waals surface area contributed by atoms with Crippen LogP contribution in [-0.4, -0.2) is 47.2 Å². The Morgan fingerprint density at radius 2 is 1.72 bits per heavy atom. The van der Waals surface area contributed by atoms with Crippen LogP contribution >= 0.6 is 0 Å². The number of carbonyl (C=O) groups is 1. The van der Waals surface area contributed by atoms with E-state index in [0.717, 1.165) is 17.5 Å². The molecule has 0 fully saturated rings. The molecule has 2 aromatic rings. The summed E-state index contributed by atoms with van der Waals surface area (Å²) in [5.41, 5.74) is -0.452. The van der Waals surface area contributed by atoms with Crippen molar-refractivity contribution < 1.29 is 32.3 Å². The van der Waals surface area contributed by atoms with E-state index in [4.69, 9.17) is 14.2 Å². The maximum atomic E-state index is 13.2. The van der Waals surface area contributed by atoms with E-state index in [0.29, 0.717) is 0 Å². The number of esters is 1. The highest BCUT2D eigenvalue weighted by Gasteiger charge is 2.30. The SMILES string of the molecule is CCN(c1cc(OC)c(OC)cc1C(=O)OC)S(=O)(=O)c1cccc([N+](=O)[O-])c1. The van der Waals surface area contributed by atoms with Crippen molar-refractivity contribution in [2.45, 2.75) is 11.8 Å². The van der Waals surface area contributed by atoms with Crippen LogP contribution in [-0.2, 0) is 14.8 Å². The number of benzene rings is 2. The molecule has 0 bridgehead atoms. The first-order valence-electron chi connectivity index (χ1n) is 8.32. The third-order valence-electron chi connectivity index (χ3n) is 4.08. The number of hydrogen-bond donors (Lipinski definition) is 0. The van der Waals surface area contributed by atoms with Crippen molar-refractivity contribution in [3.8, 4) is 11.5 Å². The zero-order valence-corrected chi connectivity index (χ0v) is 17.1. The molecule has 0 atom stereocenters. The minimum absolute atomic E-state index is 0.0106. The third-order valence-corrected chi connectivity index (χ3v) is 5.96. The average Bonchev–Trinajstić information content (AvgIpc) is 2.73. The molecule has 2 aromatic carbocycles. The molecule has 10 nitrogen and oxygen atoms in total. The lowest BCUT2D eigenvalue weighted by atomic mass is 10.1. The van der Waals surface area contributed by atoms with Gasteiger partial charge in [0.15, 0.2) is 11.5 Å². The molecule has 0 aliphatic rings. The highest BCUT2D eigenvalue weighted by molar-refractivity contribution is 7.92. The molecule has 0 spiro atoms. The molecule has 0 unspecified atom stereocenters. The van der Waals surface area contributed by atoms with Crippen LogP contribution in [0.3, 0.4) is 0 Å². The summed E-state index contributed by atoms with van der Waals surface area (Å²) in [4.78, 5) is 22.3. The number of hydrogen-bond acceptors (Lipinski definition) is 8. The van der Waals surface area contributed by atoms with E-state index in [1.807, 2.05) is 0 Å². The number of ether oxygens (including phenoxy) is 3. The van der Waals surface area contributed by atoms with Crippen molar-refractivity contribution in [3.05, 3.63) is 52.1 Å². The molecule has 0 heterocycles. The summed E-state index contributed by atoms with van der Waals surface area (Å²) in [6.07, 6.45) is 0. The third kappa shape index (κ3) is 4.24. The van der Waals surface area contributed by atoms with Crippen molar-refractivity contribution in [2.75, 3.05) is 32.2 Å². The zero-order valence-electron chi connectivity index (χ0n) is 16.2. The Kier molecular flexibility index (Phi) is 6.64. The van der Waals surface area contributed by atoms with Gasteiger partial charge in [0.25, 0.3) is 15.7 Å². The fourth-order valence-electron chi connectivity index (χ4n) is 2.70. The lowest BCUT2D eigenvalue weighted by molar-refractivity contribution is -0.385. The summed E-state index contributed by atoms with van der Waals surface area (Å²) < 4.78 is 42.6. The smallest absolute Gasteiger partial charge is 0.340 e. The second kappa shape index (κ2) is 8.78. The van der Waals surface area contributed by atoms with E-state index in [2.05, 4.69) is 0 Å². The van der Waals surface area contributed by atoms with Gasteiger partial charge in [0.05, 0.1) is 42.4 Å². The summed E-state index contributed by atoms with van der Waals surface area (Å²) in [7, 11) is -0.346. The molecule has 0 aliphatic carbocycles. The Hall–Kier alpha value is -3.34. The molecular weight excluding hydrogens is 404 g/mol. The van der Waals surface area contributed by atoms with E-state index in [1.54, 1.807) is 6.92 Å². The van der Waals surface area contributed by atoms with Gasteiger partial charge in [-0.2, -0.15) is 0 Å². The van der Waals surface area contributed by atoms with Gasteiger partial charge < -0.3 is 14.2 Å². The predicted molar refractivity (Wildman–Crippen MR) is 104 cm³/mol. The van der Waals surface area contributed by atoms with E-state index in [-0.39, 0.29) is 39.9 Å². The Labute approximate surface area is 167 Å². The van der Waals surface area contributed by atoms with Gasteiger partial charge in [-0.05, 0) is 13.0 Å². The van der Waals surface area contributed by atoms with Crippen molar-refractivity contribution >= 4 is 27.4 Å². The van der Waals surface area contributed by atoms with E-state index < -0.39 is 20.9 Å². The van der Waals surface area contributed by atoms with Crippen molar-refractivity contribution in [2.24, 2.45) is 0 Å². The molecular formula is C18H20N2O8S. The minimum Gasteiger partial charge on any atom is -0.493 e. The molecule has 0 aliphatic heterocycles. The molecule has 0 amide bonds. The molecule has 0 radical (unpaired) electrons. The minimum atomic E-state index is -4.24. The highest BCUT2D eigenvalue weighted by atomic mass is 32.2. The first kappa shape index (κ1) is 22.0. The van der Waals surface area contributed by atoms with Crippen LogP contribution in [0.4, 0.5) is 11.4 Å². The summed E-state index contributed by atoms with van der Waals surface area (Å²) >= 11 is 0. The van der Waals surface area contributed by atoms with Gasteiger partial charge in [-0.1, -0.05) is 6.07 Å². The monoisotopic (exact) mass is 424 g/mol. The second-order valence-electron chi connectivity index (χ2n) is 5.64. The van der Waals surface area contributed by atoms with Gasteiger partial charge in [-0.3, -0.25) is 14.4 Å². The van der Waals surface area contributed by atoms with Crippen molar-refractivity contribution in [3.63, 3.8) is 0 Å². The van der Waals surface area contributed by atoms with Crippen LogP contribution in [0.1, 0.15) is 17.3 Å². The standard InChI is InChI=1S/C18H20N2O8S/c1-5-19(29(24,25)13-8-6-7-12(9-13)20(22)23)15-11-17(27-3)16(26-2)10-14(15)18(21)28-4/h6-11H,5H2,1-4H3. The summed E-state index contributed by atoms with van der Waals surface area (Å²) in [5, 5.41) is 11.0. The quantitative estimate of drug-likeness (QED) is 0.360. The molecule has 11 heteroatoms. The largest absolute Gasteiger partial charge is 0.493 e. The molecule has 0 saturated heterocycles. The first-order chi connectivity index (χ1) is 13.7. The van der Waals surface area contributed by atoms with Crippen LogP contribution in [0.2, 0.25) is 0 Å². The van der Waals surface area contributed by atoms with E-state index in [9.17, 15) is 23.3 Å². The number of methoxy groups -OCH3 is 3. The van der Waals surface area contributed by atoms with Gasteiger partial charge in [-0.25, -0.2) is 13.2 Å². The van der Waals surface area contributed by atoms with Crippen LogP contribution in [0.15, 0.2) is 41.3 Å². The Morgan fingerprint density at radius 1 is 1.10 bits per heavy atom. The van der Waals surface area contributed by atoms with Crippen LogP contribution in [0.5, 0.6) is 11.5 Å². The van der Waals surface area contributed by atoms with Gasteiger partial charge in [-0.15, -0.1) is 0 Å². The van der Waals surface area contributed by atoms with Gasteiger partial charge in [0, 0.05) is 30.8 Å². The molecule has 0 aromatic heterocycles. The summed E-state index contributed by atoms with van der Waals surface area (Å²) in [5.74, 6) is -0.378. The van der Waals surface area contributed by atoms with Crippen molar-refractivity contribution in [1.29, 1.82) is 0 Å². The van der Waals surface area contributed by atoms with Gasteiger partial charge >= 0.3 is 5.97 Å². The van der Waals surface area contributed by atoms with Gasteiger partial charge in [0.1, 0.15) is 0 Å². The Balaban J connectivity index is 2.73. The summed E-state index contributed by atoms with van der Waals surface area (Å²) in [6.45, 7) is 1.50. The number of sulfonamides is 1. The maximum absolute atomic E-state index is 13.2. The molecule has 2 rings (SSSR count). The number of carbonyl (C=O) groups excluding carboxylic acids is 1. The lowest BCUT2D eigenvalue weighted by Crippen LogP contribution is -2.32. The van der Waals surface area contributed by atoms with E-state index >= 15 is 0 Å². The number of non-ortho nitro benzene ring substituents is 1. The number of nitro benzene ring substituents is 1. The number of nitro groups is 1. The second-order valence-corrected chi connectivity index (χ2v) is 7.50. The predicted octanol–water partition coefficient (Wildman–Crippen LogP) is 2.61. The van der Waals surface area contributed by atoms with E-state index in [1.165, 1.54) is 44.6 Å². The van der Waals surface area contributed by atoms with Crippen LogP contribution in [0.25, 0.3) is 0 Å². The van der Waals surface area contributed by atoms with Gasteiger partial charge in [0.2, 0.25) is 0 Å². The first-order valence-corrected chi connectivity index (χ1v) is 9.76. The normalized spacial score (nSPS) is 10.9. The average molecular weight is 424 g/mol. The molecule has 0 saturated carbocycles. The number of nitrogens with zero attached hydrogens (tertiary/aromatic N) is 2. The maximum Gasteiger partial charge on any atom is 0.340 e. The molecule has 0 N–H and O–H groups in total. The van der Waals surface area contributed by atoms with Crippen LogP contribution < -0.4 is 13.8 Å². The summed E-state index contributed by atoms with van der Waals surface area (Å²) in [6, 6.07) is 7.30. The van der Waals surface area contributed by atoms with Crippen molar-refractivity contribution in [1.82, 2.24) is 0 Å². The lowest BCUT2D eigenvalue weighted by Gasteiger charge is -2.25.